The van der Waals surface area contributed by atoms with E-state index in [4.69, 9.17) is 10.5 Å². The fourth-order valence-electron chi connectivity index (χ4n) is 4.32. The molecule has 15 heteroatoms. The molecule has 0 aliphatic carbocycles. The average Bonchev–Trinajstić information content (AvgIpc) is 3.00. The number of halogens is 1. The number of amides is 2. The van der Waals surface area contributed by atoms with Crippen molar-refractivity contribution in [2.75, 3.05) is 31.5 Å². The van der Waals surface area contributed by atoms with Gasteiger partial charge < -0.3 is 19.9 Å². The fraction of sp³-hybridized carbons (Fsp3) is 0.355. The molecular weight excluding hydrogens is 597 g/mol. The zero-order valence-electron chi connectivity index (χ0n) is 26.8. The van der Waals surface area contributed by atoms with Gasteiger partial charge in [0.2, 0.25) is 23.7 Å². The van der Waals surface area contributed by atoms with Crippen LogP contribution in [0.4, 0.5) is 25.9 Å². The van der Waals surface area contributed by atoms with Crippen LogP contribution in [-0.2, 0) is 9.47 Å². The molecule has 0 saturated carbocycles. The molecule has 1 atom stereocenters. The second-order valence-electron chi connectivity index (χ2n) is 11.0. The fourth-order valence-corrected chi connectivity index (χ4v) is 4.32. The van der Waals surface area contributed by atoms with Crippen LogP contribution in [0.3, 0.4) is 0 Å². The third-order valence-electron chi connectivity index (χ3n) is 6.25. The minimum absolute atomic E-state index is 0.105. The van der Waals surface area contributed by atoms with Crippen molar-refractivity contribution in [1.82, 2.24) is 29.9 Å². The first-order chi connectivity index (χ1) is 21.8. The molecule has 4 heterocycles. The van der Waals surface area contributed by atoms with Crippen LogP contribution in [0, 0.1) is 25.7 Å². The van der Waals surface area contributed by atoms with Gasteiger partial charge in [-0.1, -0.05) is 13.8 Å². The van der Waals surface area contributed by atoms with E-state index >= 15 is 0 Å². The lowest BCUT2D eigenvalue weighted by molar-refractivity contribution is 0.186. The van der Waals surface area contributed by atoms with Gasteiger partial charge in [-0.05, 0) is 62.4 Å². The average molecular weight is 636 g/mol. The van der Waals surface area contributed by atoms with Gasteiger partial charge in [0.1, 0.15) is 6.61 Å². The van der Waals surface area contributed by atoms with Gasteiger partial charge >= 0.3 is 12.2 Å². The summed E-state index contributed by atoms with van der Waals surface area (Å²) in [6.45, 7) is 10.3. The summed E-state index contributed by atoms with van der Waals surface area (Å²) in [5, 5.41) is 4.80. The Hall–Kier alpha value is -5.31. The highest BCUT2D eigenvalue weighted by atomic mass is 19.1. The SMILES string of the molecule is COC(=O)Nc1nccc(-c2cnc(F)cc2C)n1.COC(=O)Nc1nccc(-c2cnc(OC[C@@](C)(N)CC(C)C)cc2C)n1. The Morgan fingerprint density at radius 3 is 1.83 bits per heavy atom. The van der Waals surface area contributed by atoms with Gasteiger partial charge in [0.25, 0.3) is 0 Å². The lowest BCUT2D eigenvalue weighted by Gasteiger charge is -2.26. The molecular formula is C31H38FN9O5. The van der Waals surface area contributed by atoms with E-state index in [1.54, 1.807) is 31.5 Å². The minimum atomic E-state index is -0.661. The van der Waals surface area contributed by atoms with E-state index in [0.717, 1.165) is 17.5 Å². The number of anilines is 2. The largest absolute Gasteiger partial charge is 0.476 e. The van der Waals surface area contributed by atoms with E-state index in [1.165, 1.54) is 32.7 Å². The lowest BCUT2D eigenvalue weighted by Crippen LogP contribution is -2.43. The van der Waals surface area contributed by atoms with Gasteiger partial charge in [-0.25, -0.2) is 39.5 Å². The molecule has 0 radical (unpaired) electrons. The van der Waals surface area contributed by atoms with E-state index in [9.17, 15) is 14.0 Å². The Balaban J connectivity index is 0.000000266. The van der Waals surface area contributed by atoms with Crippen molar-refractivity contribution in [2.45, 2.75) is 46.6 Å². The molecule has 0 spiro atoms. The van der Waals surface area contributed by atoms with Crippen LogP contribution >= 0.6 is 0 Å². The van der Waals surface area contributed by atoms with E-state index in [1.807, 2.05) is 19.9 Å². The van der Waals surface area contributed by atoms with Gasteiger partial charge in [-0.15, -0.1) is 0 Å². The number of nitrogens with two attached hydrogens (primary N) is 1. The molecule has 0 bridgehead atoms. The molecule has 4 N–H and O–H groups in total. The highest BCUT2D eigenvalue weighted by Gasteiger charge is 2.21. The number of hydrogen-bond acceptors (Lipinski definition) is 12. The number of methoxy groups -OCH3 is 2. The van der Waals surface area contributed by atoms with Gasteiger partial charge in [0.05, 0.1) is 25.6 Å². The highest BCUT2D eigenvalue weighted by Crippen LogP contribution is 2.25. The van der Waals surface area contributed by atoms with E-state index < -0.39 is 23.7 Å². The number of pyridine rings is 2. The number of aromatic nitrogens is 6. The van der Waals surface area contributed by atoms with Crippen LogP contribution in [0.5, 0.6) is 5.88 Å². The molecule has 4 aromatic heterocycles. The topological polar surface area (TPSA) is 189 Å². The molecule has 4 aromatic rings. The second-order valence-corrected chi connectivity index (χ2v) is 11.0. The molecule has 2 amide bonds. The summed E-state index contributed by atoms with van der Waals surface area (Å²) in [6, 6.07) is 6.54. The van der Waals surface area contributed by atoms with E-state index in [-0.39, 0.29) is 11.9 Å². The summed E-state index contributed by atoms with van der Waals surface area (Å²) in [5.74, 6) is 0.716. The summed E-state index contributed by atoms with van der Waals surface area (Å²) < 4.78 is 27.7. The van der Waals surface area contributed by atoms with Crippen LogP contribution in [0.15, 0.2) is 49.1 Å². The third kappa shape index (κ3) is 10.7. The van der Waals surface area contributed by atoms with E-state index in [0.29, 0.717) is 40.9 Å². The molecule has 0 aliphatic heterocycles. The quantitative estimate of drug-likeness (QED) is 0.201. The first kappa shape index (κ1) is 35.2. The monoisotopic (exact) mass is 635 g/mol. The van der Waals surface area contributed by atoms with Crippen molar-refractivity contribution in [3.05, 3.63) is 66.1 Å². The standard InChI is InChI=1S/C19H27N5O3.C12H11FN4O2/c1-12(2)9-19(4,20)11-27-16-8-13(3)14(10-22-16)15-6-7-21-17(23-15)24-18(25)26-5;1-7-5-10(13)15-6-8(7)9-3-4-14-11(16-9)17-12(18)19-2/h6-8,10,12H,9,11,20H2,1-5H3,(H,21,23,24,25);3-6H,1-2H3,(H,14,16,17,18)/t19-;/m0./s1. The van der Waals surface area contributed by atoms with Crippen molar-refractivity contribution in [3.63, 3.8) is 0 Å². The molecule has 0 aromatic carbocycles. The summed E-state index contributed by atoms with van der Waals surface area (Å²) in [6.07, 6.45) is 5.68. The molecule has 14 nitrogen and oxygen atoms in total. The Morgan fingerprint density at radius 1 is 0.870 bits per heavy atom. The Kier molecular flexibility index (Phi) is 12.3. The third-order valence-corrected chi connectivity index (χ3v) is 6.25. The van der Waals surface area contributed by atoms with Crippen molar-refractivity contribution in [1.29, 1.82) is 0 Å². The van der Waals surface area contributed by atoms with Gasteiger partial charge in [-0.3, -0.25) is 10.6 Å². The maximum absolute atomic E-state index is 12.9. The van der Waals surface area contributed by atoms with Gasteiger partial charge in [0, 0.05) is 47.5 Å². The van der Waals surface area contributed by atoms with Crippen LogP contribution < -0.4 is 21.1 Å². The first-order valence-electron chi connectivity index (χ1n) is 14.2. The Labute approximate surface area is 266 Å². The second kappa shape index (κ2) is 16.1. The van der Waals surface area contributed by atoms with Gasteiger partial charge in [-0.2, -0.15) is 4.39 Å². The molecule has 0 aliphatic rings. The lowest BCUT2D eigenvalue weighted by atomic mass is 9.93. The number of nitrogens with zero attached hydrogens (tertiary/aromatic N) is 6. The van der Waals surface area contributed by atoms with Gasteiger partial charge in [0.15, 0.2) is 0 Å². The maximum atomic E-state index is 12.9. The number of carbonyl (C=O) groups is 2. The predicted molar refractivity (Wildman–Crippen MR) is 170 cm³/mol. The zero-order chi connectivity index (χ0) is 33.9. The smallest absolute Gasteiger partial charge is 0.413 e. The molecule has 4 rings (SSSR count). The van der Waals surface area contributed by atoms with Crippen molar-refractivity contribution < 1.29 is 28.2 Å². The molecule has 0 unspecified atom stereocenters. The Bertz CT molecular complexity index is 1650. The van der Waals surface area contributed by atoms with Crippen molar-refractivity contribution in [3.8, 4) is 28.4 Å². The maximum Gasteiger partial charge on any atom is 0.413 e. The Morgan fingerprint density at radius 2 is 1.37 bits per heavy atom. The van der Waals surface area contributed by atoms with Crippen molar-refractivity contribution >= 4 is 24.1 Å². The highest BCUT2D eigenvalue weighted by molar-refractivity contribution is 5.83. The minimum Gasteiger partial charge on any atom is -0.476 e. The van der Waals surface area contributed by atoms with Crippen molar-refractivity contribution in [2.24, 2.45) is 11.7 Å². The van der Waals surface area contributed by atoms with Crippen LogP contribution in [0.2, 0.25) is 0 Å². The van der Waals surface area contributed by atoms with Crippen LogP contribution in [-0.4, -0.2) is 68.5 Å². The molecule has 46 heavy (non-hydrogen) atoms. The normalized spacial score (nSPS) is 11.9. The summed E-state index contributed by atoms with van der Waals surface area (Å²) in [5.41, 5.74) is 10.1. The predicted octanol–water partition coefficient (Wildman–Crippen LogP) is 5.33. The van der Waals surface area contributed by atoms with Crippen LogP contribution in [0.25, 0.3) is 22.5 Å². The molecule has 244 valence electrons. The molecule has 0 fully saturated rings. The van der Waals surface area contributed by atoms with E-state index in [2.05, 4.69) is 63.9 Å². The summed E-state index contributed by atoms with van der Waals surface area (Å²) >= 11 is 0. The summed E-state index contributed by atoms with van der Waals surface area (Å²) in [7, 11) is 2.52. The number of hydrogen-bond donors (Lipinski definition) is 3. The molecule has 0 saturated heterocycles. The number of ether oxygens (including phenoxy) is 3. The van der Waals surface area contributed by atoms with Crippen LogP contribution in [0.1, 0.15) is 38.3 Å². The summed E-state index contributed by atoms with van der Waals surface area (Å²) in [4.78, 5) is 46.6. The number of rotatable bonds is 9. The zero-order valence-corrected chi connectivity index (χ0v) is 26.8. The first-order valence-corrected chi connectivity index (χ1v) is 14.2. The number of carbonyl (C=O) groups excluding carboxylic acids is 2. The number of aryl methyl sites for hydroxylation is 2. The number of nitrogens with one attached hydrogen (secondary N) is 2.